The first-order valence-electron chi connectivity index (χ1n) is 5.74. The van der Waals surface area contributed by atoms with Gasteiger partial charge in [-0.3, -0.25) is 0 Å². The average Bonchev–Trinajstić information content (AvgIpc) is 2.67. The molecule has 1 aromatic carbocycles. The number of rotatable bonds is 3. The third kappa shape index (κ3) is 3.16. The standard InChI is InChI=1S/C13H12F3NO2S/c1-7-8(2)19-12(17-7)20-10-4-3-9(6-18)11(5-10)13(14,15)16/h3-5,18H,6H2,1-2H3. The summed E-state index contributed by atoms with van der Waals surface area (Å²) in [4.78, 5) is 4.46. The van der Waals surface area contributed by atoms with E-state index in [1.165, 1.54) is 12.1 Å². The van der Waals surface area contributed by atoms with Crippen molar-refractivity contribution >= 4 is 11.8 Å². The van der Waals surface area contributed by atoms with E-state index in [4.69, 9.17) is 9.52 Å². The molecule has 0 atom stereocenters. The van der Waals surface area contributed by atoms with Crippen LogP contribution in [0.25, 0.3) is 0 Å². The minimum Gasteiger partial charge on any atom is -0.436 e. The zero-order valence-electron chi connectivity index (χ0n) is 10.8. The van der Waals surface area contributed by atoms with Crippen molar-refractivity contribution in [3.05, 3.63) is 40.8 Å². The molecule has 0 saturated heterocycles. The summed E-state index contributed by atoms with van der Waals surface area (Å²) in [5.74, 6) is 0.635. The molecule has 0 spiro atoms. The highest BCUT2D eigenvalue weighted by Gasteiger charge is 2.33. The monoisotopic (exact) mass is 303 g/mol. The number of aliphatic hydroxyl groups is 1. The molecule has 0 aliphatic carbocycles. The van der Waals surface area contributed by atoms with E-state index in [-0.39, 0.29) is 5.56 Å². The molecule has 0 saturated carbocycles. The summed E-state index contributed by atoms with van der Waals surface area (Å²) < 4.78 is 43.9. The molecule has 108 valence electrons. The predicted molar refractivity (Wildman–Crippen MR) is 67.5 cm³/mol. The number of hydrogen-bond acceptors (Lipinski definition) is 4. The summed E-state index contributed by atoms with van der Waals surface area (Å²) in [6.07, 6.45) is -4.50. The van der Waals surface area contributed by atoms with E-state index in [0.29, 0.717) is 21.6 Å². The molecule has 3 nitrogen and oxygen atoms in total. The maximum Gasteiger partial charge on any atom is 0.416 e. The van der Waals surface area contributed by atoms with Gasteiger partial charge in [0.05, 0.1) is 17.9 Å². The Hall–Kier alpha value is -1.47. The van der Waals surface area contributed by atoms with Crippen molar-refractivity contribution in [1.82, 2.24) is 4.98 Å². The van der Waals surface area contributed by atoms with Crippen molar-refractivity contribution in [3.63, 3.8) is 0 Å². The molecule has 7 heteroatoms. The molecule has 0 aliphatic heterocycles. The second-order valence-corrected chi connectivity index (χ2v) is 5.22. The number of aliphatic hydroxyl groups excluding tert-OH is 1. The first kappa shape index (κ1) is 14.9. The van der Waals surface area contributed by atoms with Crippen molar-refractivity contribution in [1.29, 1.82) is 0 Å². The Morgan fingerprint density at radius 1 is 1.30 bits per heavy atom. The van der Waals surface area contributed by atoms with E-state index < -0.39 is 18.3 Å². The summed E-state index contributed by atoms with van der Waals surface area (Å²) in [7, 11) is 0. The van der Waals surface area contributed by atoms with Crippen molar-refractivity contribution in [2.24, 2.45) is 0 Å². The lowest BCUT2D eigenvalue weighted by atomic mass is 10.1. The van der Waals surface area contributed by atoms with Gasteiger partial charge in [0.1, 0.15) is 5.76 Å². The van der Waals surface area contributed by atoms with Crippen LogP contribution in [0.2, 0.25) is 0 Å². The Bertz CT molecular complexity index is 603. The zero-order valence-corrected chi connectivity index (χ0v) is 11.6. The highest BCUT2D eigenvalue weighted by Crippen LogP contribution is 2.36. The van der Waals surface area contributed by atoms with Crippen molar-refractivity contribution < 1.29 is 22.7 Å². The molecule has 1 aromatic heterocycles. The molecule has 0 radical (unpaired) electrons. The maximum absolute atomic E-state index is 12.9. The van der Waals surface area contributed by atoms with Gasteiger partial charge in [0, 0.05) is 4.90 Å². The first-order valence-corrected chi connectivity index (χ1v) is 6.55. The molecular weight excluding hydrogens is 291 g/mol. The first-order chi connectivity index (χ1) is 9.31. The van der Waals surface area contributed by atoms with Crippen LogP contribution in [-0.4, -0.2) is 10.1 Å². The van der Waals surface area contributed by atoms with Crippen LogP contribution in [0.5, 0.6) is 0 Å². The van der Waals surface area contributed by atoms with Crippen LogP contribution in [0.1, 0.15) is 22.6 Å². The molecule has 1 N–H and O–H groups in total. The number of hydrogen-bond donors (Lipinski definition) is 1. The molecule has 0 amide bonds. The smallest absolute Gasteiger partial charge is 0.416 e. The number of halogens is 3. The van der Waals surface area contributed by atoms with Gasteiger partial charge in [-0.2, -0.15) is 13.2 Å². The van der Waals surface area contributed by atoms with Gasteiger partial charge < -0.3 is 9.52 Å². The van der Waals surface area contributed by atoms with E-state index >= 15 is 0 Å². The van der Waals surface area contributed by atoms with Gasteiger partial charge in [-0.05, 0) is 43.3 Å². The number of aryl methyl sites for hydroxylation is 2. The quantitative estimate of drug-likeness (QED) is 0.932. The highest BCUT2D eigenvalue weighted by atomic mass is 32.2. The Kier molecular flexibility index (Phi) is 4.10. The number of aromatic nitrogens is 1. The van der Waals surface area contributed by atoms with E-state index in [2.05, 4.69) is 4.98 Å². The third-order valence-electron chi connectivity index (χ3n) is 2.77. The normalized spacial score (nSPS) is 11.9. The molecule has 2 rings (SSSR count). The van der Waals surface area contributed by atoms with Gasteiger partial charge in [-0.1, -0.05) is 6.07 Å². The van der Waals surface area contributed by atoms with Crippen LogP contribution in [0.3, 0.4) is 0 Å². The van der Waals surface area contributed by atoms with Gasteiger partial charge in [0.15, 0.2) is 0 Å². The number of oxazole rings is 1. The van der Waals surface area contributed by atoms with Crippen LogP contribution >= 0.6 is 11.8 Å². The van der Waals surface area contributed by atoms with Crippen LogP contribution in [0.15, 0.2) is 32.7 Å². The molecule has 0 fully saturated rings. The van der Waals surface area contributed by atoms with E-state index in [0.717, 1.165) is 17.8 Å². The Morgan fingerprint density at radius 2 is 2.00 bits per heavy atom. The minimum absolute atomic E-state index is 0.151. The number of benzene rings is 1. The SMILES string of the molecule is Cc1nc(Sc2ccc(CO)c(C(F)(F)F)c2)oc1C. The van der Waals surface area contributed by atoms with E-state index in [9.17, 15) is 13.2 Å². The summed E-state index contributed by atoms with van der Waals surface area (Å²) in [6, 6.07) is 3.75. The highest BCUT2D eigenvalue weighted by molar-refractivity contribution is 7.99. The Morgan fingerprint density at radius 3 is 2.50 bits per heavy atom. The number of nitrogens with zero attached hydrogens (tertiary/aromatic N) is 1. The molecule has 0 bridgehead atoms. The number of alkyl halides is 3. The van der Waals surface area contributed by atoms with Crippen LogP contribution < -0.4 is 0 Å². The molecule has 2 aromatic rings. The lowest BCUT2D eigenvalue weighted by molar-refractivity contribution is -0.138. The summed E-state index contributed by atoms with van der Waals surface area (Å²) in [6.45, 7) is 2.85. The molecule has 1 heterocycles. The molecule has 0 unspecified atom stereocenters. The van der Waals surface area contributed by atoms with Gasteiger partial charge in [0.25, 0.3) is 5.22 Å². The molecule has 20 heavy (non-hydrogen) atoms. The largest absolute Gasteiger partial charge is 0.436 e. The lowest BCUT2D eigenvalue weighted by Crippen LogP contribution is -2.09. The topological polar surface area (TPSA) is 46.3 Å². The summed E-state index contributed by atoms with van der Waals surface area (Å²) >= 11 is 1.01. The van der Waals surface area contributed by atoms with Gasteiger partial charge in [-0.15, -0.1) is 0 Å². The summed E-state index contributed by atoms with van der Waals surface area (Å²) in [5, 5.41) is 9.26. The van der Waals surface area contributed by atoms with Crippen LogP contribution in [0, 0.1) is 13.8 Å². The fourth-order valence-electron chi connectivity index (χ4n) is 1.61. The van der Waals surface area contributed by atoms with Gasteiger partial charge in [0.2, 0.25) is 0 Å². The predicted octanol–water partition coefficient (Wildman–Crippen LogP) is 3.95. The average molecular weight is 303 g/mol. The van der Waals surface area contributed by atoms with Crippen LogP contribution in [0.4, 0.5) is 13.2 Å². The van der Waals surface area contributed by atoms with Crippen molar-refractivity contribution in [3.8, 4) is 0 Å². The van der Waals surface area contributed by atoms with Crippen molar-refractivity contribution in [2.75, 3.05) is 0 Å². The molecule has 0 aliphatic rings. The maximum atomic E-state index is 12.9. The van der Waals surface area contributed by atoms with E-state index in [1.807, 2.05) is 0 Å². The second kappa shape index (κ2) is 5.49. The fourth-order valence-corrected chi connectivity index (χ4v) is 2.47. The fraction of sp³-hybridized carbons (Fsp3) is 0.308. The van der Waals surface area contributed by atoms with Gasteiger partial charge >= 0.3 is 6.18 Å². The second-order valence-electron chi connectivity index (χ2n) is 4.20. The van der Waals surface area contributed by atoms with Crippen LogP contribution in [-0.2, 0) is 12.8 Å². The zero-order chi connectivity index (χ0) is 14.9. The van der Waals surface area contributed by atoms with Gasteiger partial charge in [-0.25, -0.2) is 4.98 Å². The Balaban J connectivity index is 2.34. The lowest BCUT2D eigenvalue weighted by Gasteiger charge is -2.12. The summed E-state index contributed by atoms with van der Waals surface area (Å²) in [5.41, 5.74) is -0.290. The Labute approximate surface area is 117 Å². The van der Waals surface area contributed by atoms with E-state index in [1.54, 1.807) is 13.8 Å². The minimum atomic E-state index is -4.50. The third-order valence-corrected chi connectivity index (χ3v) is 3.61. The molecular formula is C13H12F3NO2S. The van der Waals surface area contributed by atoms with Crippen molar-refractivity contribution in [2.45, 2.75) is 36.7 Å².